The average molecular weight is 515 g/mol. The molecule has 0 fully saturated rings. The molecule has 0 aromatic heterocycles. The summed E-state index contributed by atoms with van der Waals surface area (Å²) in [7, 11) is 0. The van der Waals surface area contributed by atoms with Crippen molar-refractivity contribution in [3.8, 4) is 28.0 Å². The summed E-state index contributed by atoms with van der Waals surface area (Å²) in [6, 6.07) is 17.6. The number of halogens is 6. The lowest BCUT2D eigenvalue weighted by molar-refractivity contribution is -0.180. The van der Waals surface area contributed by atoms with E-state index < -0.39 is 41.4 Å². The molecule has 4 aromatic rings. The van der Waals surface area contributed by atoms with Gasteiger partial charge in [0.05, 0.1) is 12.0 Å². The first-order valence-corrected chi connectivity index (χ1v) is 11.8. The van der Waals surface area contributed by atoms with Crippen molar-refractivity contribution in [3.63, 3.8) is 0 Å². The van der Waals surface area contributed by atoms with E-state index in [2.05, 4.69) is 6.92 Å². The Kier molecular flexibility index (Phi) is 7.91. The van der Waals surface area contributed by atoms with E-state index in [1.807, 2.05) is 24.3 Å². The van der Waals surface area contributed by atoms with Crippen molar-refractivity contribution in [1.29, 1.82) is 0 Å². The van der Waals surface area contributed by atoms with E-state index in [4.69, 9.17) is 4.74 Å². The average Bonchev–Trinajstić information content (AvgIpc) is 2.86. The molecule has 1 nitrogen and oxygen atoms in total. The molecule has 4 rings (SSSR count). The van der Waals surface area contributed by atoms with E-state index in [0.717, 1.165) is 48.2 Å². The van der Waals surface area contributed by atoms with Gasteiger partial charge >= 0.3 is 6.11 Å². The van der Waals surface area contributed by atoms with Crippen LogP contribution >= 0.6 is 0 Å². The number of alkyl halides is 2. The van der Waals surface area contributed by atoms with Crippen LogP contribution in [0.5, 0.6) is 5.75 Å². The highest BCUT2D eigenvalue weighted by atomic mass is 19.3. The Morgan fingerprint density at radius 1 is 0.595 bits per heavy atom. The van der Waals surface area contributed by atoms with E-state index in [1.54, 1.807) is 0 Å². The van der Waals surface area contributed by atoms with Gasteiger partial charge in [-0.3, -0.25) is 0 Å². The summed E-state index contributed by atoms with van der Waals surface area (Å²) in [5.41, 5.74) is 1.80. The second kappa shape index (κ2) is 11.1. The number of hydrogen-bond donors (Lipinski definition) is 0. The number of aryl methyl sites for hydroxylation is 2. The standard InChI is InChI=1S/C30H24F6O/c1-2-3-19-4-6-20(7-5-19)14-15-30(35,36)37-24-11-8-21(9-12-24)23-17-27(33)29(28(34)18-23)22-10-13-25(31)26(32)16-22/h4-13,16-18H,2-3,14-15H2,1H3. The van der Waals surface area contributed by atoms with Crippen LogP contribution in [0.3, 0.4) is 0 Å². The topological polar surface area (TPSA) is 9.23 Å². The molecule has 0 N–H and O–H groups in total. The van der Waals surface area contributed by atoms with Crippen molar-refractivity contribution >= 4 is 0 Å². The van der Waals surface area contributed by atoms with Crippen LogP contribution in [0, 0.1) is 23.3 Å². The molecule has 0 aliphatic heterocycles. The molecule has 0 amide bonds. The van der Waals surface area contributed by atoms with Gasteiger partial charge in [0, 0.05) is 0 Å². The lowest BCUT2D eigenvalue weighted by Gasteiger charge is -2.18. The molecule has 0 aliphatic rings. The van der Waals surface area contributed by atoms with Gasteiger partial charge in [-0.05, 0) is 77.1 Å². The Morgan fingerprint density at radius 2 is 1.14 bits per heavy atom. The smallest absolute Gasteiger partial charge is 0.398 e. The van der Waals surface area contributed by atoms with Gasteiger partial charge in [-0.2, -0.15) is 8.78 Å². The van der Waals surface area contributed by atoms with Gasteiger partial charge in [-0.15, -0.1) is 0 Å². The number of ether oxygens (including phenoxy) is 1. The van der Waals surface area contributed by atoms with E-state index >= 15 is 0 Å². The summed E-state index contributed by atoms with van der Waals surface area (Å²) in [6.07, 6.45) is -1.83. The predicted molar refractivity (Wildman–Crippen MR) is 131 cm³/mol. The van der Waals surface area contributed by atoms with Gasteiger partial charge in [0.2, 0.25) is 0 Å². The highest BCUT2D eigenvalue weighted by molar-refractivity contribution is 5.72. The van der Waals surface area contributed by atoms with Gasteiger partial charge in [-0.25, -0.2) is 17.6 Å². The Bertz CT molecular complexity index is 1340. The summed E-state index contributed by atoms with van der Waals surface area (Å²) in [4.78, 5) is 0. The molecule has 4 aromatic carbocycles. The lowest BCUT2D eigenvalue weighted by atomic mass is 9.98. The van der Waals surface area contributed by atoms with Crippen molar-refractivity contribution in [3.05, 3.63) is 113 Å². The minimum absolute atomic E-state index is 0.0913. The van der Waals surface area contributed by atoms with E-state index in [0.29, 0.717) is 11.6 Å². The molecule has 0 bridgehead atoms. The predicted octanol–water partition coefficient (Wildman–Crippen LogP) is 9.13. The van der Waals surface area contributed by atoms with E-state index in [1.165, 1.54) is 24.3 Å². The zero-order valence-corrected chi connectivity index (χ0v) is 20.0. The van der Waals surface area contributed by atoms with Gasteiger partial charge < -0.3 is 4.74 Å². The van der Waals surface area contributed by atoms with Gasteiger partial charge in [-0.1, -0.05) is 55.8 Å². The van der Waals surface area contributed by atoms with Crippen LogP contribution in [0.4, 0.5) is 26.3 Å². The fourth-order valence-corrected chi connectivity index (χ4v) is 4.06. The summed E-state index contributed by atoms with van der Waals surface area (Å²) in [5, 5.41) is 0. The molecule has 192 valence electrons. The van der Waals surface area contributed by atoms with Crippen molar-refractivity contribution in [2.24, 2.45) is 0 Å². The third-order valence-electron chi connectivity index (χ3n) is 5.97. The van der Waals surface area contributed by atoms with Crippen molar-refractivity contribution < 1.29 is 31.1 Å². The van der Waals surface area contributed by atoms with Crippen LogP contribution in [0.1, 0.15) is 30.9 Å². The minimum Gasteiger partial charge on any atom is -0.433 e. The normalized spacial score (nSPS) is 11.5. The number of hydrogen-bond acceptors (Lipinski definition) is 1. The second-order valence-corrected chi connectivity index (χ2v) is 8.77. The molecule has 0 spiro atoms. The third kappa shape index (κ3) is 6.53. The molecule has 0 radical (unpaired) electrons. The number of benzene rings is 4. The molecule has 0 aliphatic carbocycles. The SMILES string of the molecule is CCCc1ccc(CCC(F)(F)Oc2ccc(-c3cc(F)c(-c4ccc(F)c(F)c4)c(F)c3)cc2)cc1. The molecule has 0 heterocycles. The Morgan fingerprint density at radius 3 is 1.70 bits per heavy atom. The Balaban J connectivity index is 1.44. The maximum atomic E-state index is 14.7. The Labute approximate surface area is 211 Å². The van der Waals surface area contributed by atoms with Crippen molar-refractivity contribution in [2.45, 2.75) is 38.7 Å². The zero-order valence-electron chi connectivity index (χ0n) is 20.0. The fourth-order valence-electron chi connectivity index (χ4n) is 4.06. The summed E-state index contributed by atoms with van der Waals surface area (Å²) in [5.74, 6) is -4.40. The van der Waals surface area contributed by atoms with Crippen LogP contribution < -0.4 is 4.74 Å². The Hall–Kier alpha value is -3.74. The molecule has 37 heavy (non-hydrogen) atoms. The molecule has 0 unspecified atom stereocenters. The molecule has 7 heteroatoms. The first-order chi connectivity index (χ1) is 17.6. The zero-order chi connectivity index (χ0) is 26.6. The summed E-state index contributed by atoms with van der Waals surface area (Å²) < 4.78 is 89.8. The largest absolute Gasteiger partial charge is 0.433 e. The third-order valence-corrected chi connectivity index (χ3v) is 5.97. The van der Waals surface area contributed by atoms with Gasteiger partial charge in [0.25, 0.3) is 0 Å². The van der Waals surface area contributed by atoms with Crippen LogP contribution in [0.15, 0.2) is 78.9 Å². The van der Waals surface area contributed by atoms with Crippen LogP contribution in [0.2, 0.25) is 0 Å². The minimum atomic E-state index is -3.41. The molecule has 0 saturated heterocycles. The molecule has 0 saturated carbocycles. The number of rotatable bonds is 9. The molecular formula is C30H24F6O. The first-order valence-electron chi connectivity index (χ1n) is 11.8. The highest BCUT2D eigenvalue weighted by Gasteiger charge is 2.31. The van der Waals surface area contributed by atoms with E-state index in [9.17, 15) is 26.3 Å². The van der Waals surface area contributed by atoms with E-state index in [-0.39, 0.29) is 23.3 Å². The van der Waals surface area contributed by atoms with Crippen molar-refractivity contribution in [1.82, 2.24) is 0 Å². The van der Waals surface area contributed by atoms with Crippen LogP contribution in [-0.2, 0) is 12.8 Å². The monoisotopic (exact) mass is 514 g/mol. The van der Waals surface area contributed by atoms with Crippen LogP contribution in [-0.4, -0.2) is 6.11 Å². The first kappa shape index (κ1) is 26.3. The fraction of sp³-hybridized carbons (Fsp3) is 0.200. The quantitative estimate of drug-likeness (QED) is 0.202. The maximum absolute atomic E-state index is 14.7. The lowest BCUT2D eigenvalue weighted by Crippen LogP contribution is -2.25. The van der Waals surface area contributed by atoms with Gasteiger partial charge in [0.1, 0.15) is 17.4 Å². The van der Waals surface area contributed by atoms with Crippen LogP contribution in [0.25, 0.3) is 22.3 Å². The molecular weight excluding hydrogens is 490 g/mol. The maximum Gasteiger partial charge on any atom is 0.398 e. The van der Waals surface area contributed by atoms with Crippen molar-refractivity contribution in [2.75, 3.05) is 0 Å². The highest BCUT2D eigenvalue weighted by Crippen LogP contribution is 2.33. The second-order valence-electron chi connectivity index (χ2n) is 8.77. The molecule has 0 atom stereocenters. The summed E-state index contributed by atoms with van der Waals surface area (Å²) >= 11 is 0. The van der Waals surface area contributed by atoms with Gasteiger partial charge in [0.15, 0.2) is 11.6 Å². The summed E-state index contributed by atoms with van der Waals surface area (Å²) in [6.45, 7) is 2.07.